The second-order valence-electron chi connectivity index (χ2n) is 6.87. The Morgan fingerprint density at radius 2 is 2.07 bits per heavy atom. The summed E-state index contributed by atoms with van der Waals surface area (Å²) in [5.74, 6) is 0.536. The van der Waals surface area contributed by atoms with Gasteiger partial charge in [-0.1, -0.05) is 0 Å². The smallest absolute Gasteiger partial charge is 0.255 e. The first-order valence-electron chi connectivity index (χ1n) is 9.04. The van der Waals surface area contributed by atoms with Gasteiger partial charge in [-0.15, -0.1) is 0 Å². The number of carbonyl (C=O) groups excluding carboxylic acids is 1. The number of carbonyl (C=O) groups is 1. The predicted molar refractivity (Wildman–Crippen MR) is 104 cm³/mol. The maximum atomic E-state index is 12.4. The number of H-pyrrole nitrogens is 2. The number of aromatic amines is 2. The standard InChI is InChI=1S/C20H17N5O3/c26-18-2-1-13(25-18)10-28-20-14-6-15-16(5-11(14)3-4-21-20)19(27)22-9-17(15)12-7-23-24-8-12/h3-9,13H,1-2,10H2,(H,22,27)(H,23,24)(H,25,26)/t13-/m0/s1. The predicted octanol–water partition coefficient (Wildman–Crippen LogP) is 2.12. The summed E-state index contributed by atoms with van der Waals surface area (Å²) in [7, 11) is 0. The third-order valence-corrected chi connectivity index (χ3v) is 5.06. The normalized spacial score (nSPS) is 16.6. The van der Waals surface area contributed by atoms with Crippen LogP contribution in [0.25, 0.3) is 32.7 Å². The number of pyridine rings is 2. The number of ether oxygens (including phenoxy) is 1. The molecule has 0 saturated carbocycles. The molecule has 8 heteroatoms. The van der Waals surface area contributed by atoms with Crippen molar-refractivity contribution >= 4 is 27.5 Å². The fourth-order valence-electron chi connectivity index (χ4n) is 3.63. The van der Waals surface area contributed by atoms with E-state index in [1.54, 1.807) is 24.8 Å². The maximum Gasteiger partial charge on any atom is 0.255 e. The Balaban J connectivity index is 1.62. The first-order chi connectivity index (χ1) is 13.7. The van der Waals surface area contributed by atoms with E-state index in [4.69, 9.17) is 4.74 Å². The van der Waals surface area contributed by atoms with Crippen molar-refractivity contribution in [1.82, 2.24) is 25.5 Å². The lowest BCUT2D eigenvalue weighted by Crippen LogP contribution is -2.31. The SMILES string of the molecule is O=C1CC[C@@H](COc2nccc3cc4c(=O)[nH]cc(-c5cn[nH]c5)c4cc23)N1. The number of hydrogen-bond donors (Lipinski definition) is 3. The molecule has 0 bridgehead atoms. The van der Waals surface area contributed by atoms with Crippen molar-refractivity contribution in [2.45, 2.75) is 18.9 Å². The lowest BCUT2D eigenvalue weighted by Gasteiger charge is -2.13. The summed E-state index contributed by atoms with van der Waals surface area (Å²) >= 11 is 0. The van der Waals surface area contributed by atoms with Crippen LogP contribution in [-0.2, 0) is 4.79 Å². The van der Waals surface area contributed by atoms with E-state index in [1.807, 2.05) is 18.2 Å². The van der Waals surface area contributed by atoms with Crippen molar-refractivity contribution < 1.29 is 9.53 Å². The van der Waals surface area contributed by atoms with Gasteiger partial charge in [-0.25, -0.2) is 4.98 Å². The second kappa shape index (κ2) is 6.49. The van der Waals surface area contributed by atoms with Crippen LogP contribution >= 0.6 is 0 Å². The largest absolute Gasteiger partial charge is 0.475 e. The molecule has 140 valence electrons. The fourth-order valence-corrected chi connectivity index (χ4v) is 3.63. The quantitative estimate of drug-likeness (QED) is 0.473. The van der Waals surface area contributed by atoms with Gasteiger partial charge in [0.1, 0.15) is 6.61 Å². The molecule has 5 rings (SSSR count). The molecule has 4 aromatic rings. The number of rotatable bonds is 4. The summed E-state index contributed by atoms with van der Waals surface area (Å²) in [6, 6.07) is 5.62. The number of amides is 1. The van der Waals surface area contributed by atoms with Crippen LogP contribution in [0.3, 0.4) is 0 Å². The number of hydrogen-bond acceptors (Lipinski definition) is 5. The number of nitrogens with zero attached hydrogens (tertiary/aromatic N) is 2. The number of fused-ring (bicyclic) bond motifs is 2. The van der Waals surface area contributed by atoms with E-state index in [2.05, 4.69) is 25.5 Å². The van der Waals surface area contributed by atoms with Crippen molar-refractivity contribution in [2.75, 3.05) is 6.61 Å². The van der Waals surface area contributed by atoms with Crippen molar-refractivity contribution in [3.63, 3.8) is 0 Å². The van der Waals surface area contributed by atoms with Crippen LogP contribution in [0.1, 0.15) is 12.8 Å². The zero-order valence-corrected chi connectivity index (χ0v) is 14.9. The summed E-state index contributed by atoms with van der Waals surface area (Å²) in [5, 5.41) is 12.7. The van der Waals surface area contributed by atoms with Gasteiger partial charge in [-0.3, -0.25) is 14.7 Å². The molecule has 0 aliphatic carbocycles. The third-order valence-electron chi connectivity index (χ3n) is 5.06. The molecule has 0 unspecified atom stereocenters. The lowest BCUT2D eigenvalue weighted by atomic mass is 10.00. The van der Waals surface area contributed by atoms with Gasteiger partial charge in [-0.2, -0.15) is 5.10 Å². The molecule has 1 amide bonds. The minimum atomic E-state index is -0.155. The van der Waals surface area contributed by atoms with Gasteiger partial charge in [0.2, 0.25) is 11.8 Å². The minimum absolute atomic E-state index is 0.00523. The summed E-state index contributed by atoms with van der Waals surface area (Å²) in [6.45, 7) is 0.361. The average Bonchev–Trinajstić information content (AvgIpc) is 3.37. The number of benzene rings is 1. The van der Waals surface area contributed by atoms with E-state index >= 15 is 0 Å². The second-order valence-corrected chi connectivity index (χ2v) is 6.87. The van der Waals surface area contributed by atoms with Crippen molar-refractivity contribution in [1.29, 1.82) is 0 Å². The molecule has 0 radical (unpaired) electrons. The highest BCUT2D eigenvalue weighted by Crippen LogP contribution is 2.32. The van der Waals surface area contributed by atoms with Gasteiger partial charge >= 0.3 is 0 Å². The average molecular weight is 375 g/mol. The molecule has 4 heterocycles. The molecular weight excluding hydrogens is 358 g/mol. The Morgan fingerprint density at radius 3 is 2.86 bits per heavy atom. The summed E-state index contributed by atoms with van der Waals surface area (Å²) in [5.41, 5.74) is 1.58. The van der Waals surface area contributed by atoms with Gasteiger partial charge in [0, 0.05) is 46.9 Å². The van der Waals surface area contributed by atoms with Crippen LogP contribution in [0, 0.1) is 0 Å². The van der Waals surface area contributed by atoms with E-state index in [0.717, 1.165) is 33.7 Å². The van der Waals surface area contributed by atoms with Crippen molar-refractivity contribution in [3.05, 3.63) is 53.3 Å². The minimum Gasteiger partial charge on any atom is -0.475 e. The van der Waals surface area contributed by atoms with E-state index < -0.39 is 0 Å². The first-order valence-corrected chi connectivity index (χ1v) is 9.04. The van der Waals surface area contributed by atoms with Gasteiger partial charge in [0.15, 0.2) is 0 Å². The molecule has 1 aliphatic rings. The van der Waals surface area contributed by atoms with E-state index in [-0.39, 0.29) is 17.5 Å². The topological polar surface area (TPSA) is 113 Å². The van der Waals surface area contributed by atoms with E-state index in [9.17, 15) is 9.59 Å². The van der Waals surface area contributed by atoms with Crippen LogP contribution < -0.4 is 15.6 Å². The van der Waals surface area contributed by atoms with Crippen LogP contribution in [-0.4, -0.2) is 38.7 Å². The highest BCUT2D eigenvalue weighted by Gasteiger charge is 2.21. The van der Waals surface area contributed by atoms with Gasteiger partial charge in [-0.05, 0) is 35.4 Å². The Hall–Kier alpha value is -3.68. The molecule has 1 aliphatic heterocycles. The van der Waals surface area contributed by atoms with Crippen molar-refractivity contribution in [2.24, 2.45) is 0 Å². The Morgan fingerprint density at radius 1 is 1.14 bits per heavy atom. The number of nitrogens with one attached hydrogen (secondary N) is 3. The van der Waals surface area contributed by atoms with Gasteiger partial charge < -0.3 is 15.0 Å². The van der Waals surface area contributed by atoms with Crippen LogP contribution in [0.4, 0.5) is 0 Å². The fraction of sp³-hybridized carbons (Fsp3) is 0.200. The maximum absolute atomic E-state index is 12.4. The lowest BCUT2D eigenvalue weighted by molar-refractivity contribution is -0.119. The molecule has 1 atom stereocenters. The molecular formula is C20H17N5O3. The summed E-state index contributed by atoms with van der Waals surface area (Å²) in [6.07, 6.45) is 8.11. The Labute approximate surface area is 158 Å². The zero-order chi connectivity index (χ0) is 19.1. The molecule has 0 spiro atoms. The Kier molecular flexibility index (Phi) is 3.82. The molecule has 1 aromatic carbocycles. The molecule has 8 nitrogen and oxygen atoms in total. The van der Waals surface area contributed by atoms with E-state index in [0.29, 0.717) is 24.3 Å². The number of aromatic nitrogens is 4. The monoisotopic (exact) mass is 375 g/mol. The van der Waals surface area contributed by atoms with Crippen molar-refractivity contribution in [3.8, 4) is 17.0 Å². The molecule has 1 fully saturated rings. The highest BCUT2D eigenvalue weighted by atomic mass is 16.5. The van der Waals surface area contributed by atoms with Gasteiger partial charge in [0.05, 0.1) is 12.2 Å². The third kappa shape index (κ3) is 2.79. The zero-order valence-electron chi connectivity index (χ0n) is 14.9. The summed E-state index contributed by atoms with van der Waals surface area (Å²) in [4.78, 5) is 30.9. The molecule has 3 aromatic heterocycles. The van der Waals surface area contributed by atoms with E-state index in [1.165, 1.54) is 0 Å². The van der Waals surface area contributed by atoms with Gasteiger partial charge in [0.25, 0.3) is 5.56 Å². The summed E-state index contributed by atoms with van der Waals surface area (Å²) < 4.78 is 5.93. The molecule has 1 saturated heterocycles. The van der Waals surface area contributed by atoms with Crippen LogP contribution in [0.5, 0.6) is 5.88 Å². The van der Waals surface area contributed by atoms with Crippen LogP contribution in [0.15, 0.2) is 47.8 Å². The van der Waals surface area contributed by atoms with Crippen LogP contribution in [0.2, 0.25) is 0 Å². The molecule has 3 N–H and O–H groups in total. The highest BCUT2D eigenvalue weighted by molar-refractivity contribution is 6.05. The Bertz CT molecular complexity index is 1250. The first kappa shape index (κ1) is 16.5. The molecule has 28 heavy (non-hydrogen) atoms.